The van der Waals surface area contributed by atoms with Gasteiger partial charge in [0.2, 0.25) is 46.5 Å². The van der Waals surface area contributed by atoms with Gasteiger partial charge in [-0.15, -0.1) is 0 Å². The molecule has 0 aromatic heterocycles. The van der Waals surface area contributed by atoms with Crippen LogP contribution in [0.25, 0.3) is 44.5 Å². The fourth-order valence-electron chi connectivity index (χ4n) is 9.90. The van der Waals surface area contributed by atoms with Gasteiger partial charge in [-0.1, -0.05) is 78.0 Å². The fraction of sp³-hybridized carbons (Fsp3) is 0.217. The molecule has 3 nitrogen and oxygen atoms in total. The van der Waals surface area contributed by atoms with E-state index < -0.39 is 293 Å². The van der Waals surface area contributed by atoms with Gasteiger partial charge in [-0.25, -0.2) is 176 Å². The van der Waals surface area contributed by atoms with Gasteiger partial charge in [-0.05, 0) is 36.8 Å². The van der Waals surface area contributed by atoms with E-state index >= 15 is 0 Å². The topological polar surface area (TPSA) is 40.5 Å². The van der Waals surface area contributed by atoms with Crippen molar-refractivity contribution >= 4 is 21.2 Å². The monoisotopic (exact) mass is 1700 g/mol. The van der Waals surface area contributed by atoms with Gasteiger partial charge in [0.25, 0.3) is 0 Å². The Hall–Kier alpha value is -9.89. The third-order valence-corrected chi connectivity index (χ3v) is 15.5. The Labute approximate surface area is 613 Å². The van der Waals surface area contributed by atoms with Crippen LogP contribution in [0.2, 0.25) is 0 Å². The van der Waals surface area contributed by atoms with Crippen molar-refractivity contribution < 1.29 is 184 Å². The Morgan fingerprint density at radius 2 is 0.434 bits per heavy atom. The molecule has 0 aliphatic rings. The van der Waals surface area contributed by atoms with E-state index in [0.29, 0.717) is 0 Å². The van der Waals surface area contributed by atoms with E-state index in [1.807, 2.05) is 0 Å². The second-order valence-electron chi connectivity index (χ2n) is 22.5. The molecule has 2 unspecified atom stereocenters. The van der Waals surface area contributed by atoms with Crippen LogP contribution in [0.15, 0.2) is 30.3 Å². The maximum atomic E-state index is 13.4. The molecule has 2 atom stereocenters. The first kappa shape index (κ1) is 95.5. The van der Waals surface area contributed by atoms with Gasteiger partial charge in [-0.2, -0.15) is 0 Å². The van der Waals surface area contributed by atoms with E-state index in [-0.39, 0.29) is 0 Å². The van der Waals surface area contributed by atoms with E-state index in [1.165, 1.54) is 63.7 Å². The molecule has 0 aliphatic heterocycles. The summed E-state index contributed by atoms with van der Waals surface area (Å²) in [5, 5.41) is 0. The normalized spacial score (nSPS) is 11.5. The molecule has 9 aromatic rings. The second-order valence-corrected chi connectivity index (χ2v) is 22.8. The van der Waals surface area contributed by atoms with Crippen LogP contribution < -0.4 is 4.90 Å². The van der Waals surface area contributed by atoms with Crippen molar-refractivity contribution in [3.8, 4) is 44.5 Å². The predicted molar refractivity (Wildman–Crippen MR) is 315 cm³/mol. The van der Waals surface area contributed by atoms with Crippen LogP contribution >= 0.6 is 0 Å². The van der Waals surface area contributed by atoms with Crippen LogP contribution in [0, 0.1) is 245 Å². The summed E-state index contributed by atoms with van der Waals surface area (Å²) < 4.78 is 540. The second kappa shape index (κ2) is 40.2. The molecule has 0 bridgehead atoms. The number of rotatable bonds is 16. The fourth-order valence-corrected chi connectivity index (χ4v) is 9.90. The average Bonchev–Trinajstić information content (AvgIpc) is 0.768. The van der Waals surface area contributed by atoms with Crippen LogP contribution in [0.1, 0.15) is 72.6 Å². The summed E-state index contributed by atoms with van der Waals surface area (Å²) in [7, 11) is 0. The molecule has 0 saturated carbocycles. The van der Waals surface area contributed by atoms with Crippen LogP contribution in [0.4, 0.5) is 181 Å². The summed E-state index contributed by atoms with van der Waals surface area (Å²) >= 11 is -1.50. The Morgan fingerprint density at radius 1 is 0.265 bits per heavy atom. The molecule has 113 heavy (non-hydrogen) atoms. The first-order valence-electron chi connectivity index (χ1n) is 30.6. The van der Waals surface area contributed by atoms with Crippen molar-refractivity contribution in [3.63, 3.8) is 0 Å². The number of anilines is 1. The summed E-state index contributed by atoms with van der Waals surface area (Å²) in [6.45, 7) is 11.7. The summed E-state index contributed by atoms with van der Waals surface area (Å²) in [4.78, 5) is 2.62. The van der Waals surface area contributed by atoms with Crippen molar-refractivity contribution in [2.75, 3.05) is 18.0 Å². The number of hydrogen-bond donors (Lipinski definition) is 1. The Kier molecular flexibility index (Phi) is 34.0. The van der Waals surface area contributed by atoms with E-state index in [0.717, 1.165) is 11.8 Å². The molecule has 0 heterocycles. The van der Waals surface area contributed by atoms with E-state index in [1.54, 1.807) is 0 Å². The summed E-state index contributed by atoms with van der Waals surface area (Å²) in [6.07, 6.45) is 9.40. The molecule has 1 N–H and O–H groups in total. The number of halogens is 40. The Balaban J connectivity index is 0.000000295. The molecule has 44 heteroatoms. The van der Waals surface area contributed by atoms with Crippen molar-refractivity contribution in [1.29, 1.82) is 0 Å². The van der Waals surface area contributed by atoms with Crippen molar-refractivity contribution in [2.24, 2.45) is 11.8 Å². The van der Waals surface area contributed by atoms with Gasteiger partial charge in [0.15, 0.2) is 186 Å². The molecule has 614 valence electrons. The number of benzene rings is 9. The zero-order valence-electron chi connectivity index (χ0n) is 55.9. The zero-order valence-corrected chi connectivity index (χ0v) is 57.1. The van der Waals surface area contributed by atoms with Gasteiger partial charge in [0.1, 0.15) is 0 Å². The molecule has 0 radical (unpaired) electrons. The number of unbranched alkanes of at least 4 members (excludes halogenated alkanes) is 1. The molecular weight excluding hydrogens is 1660 g/mol. The molecule has 0 amide bonds. The summed E-state index contributed by atoms with van der Waals surface area (Å²) in [5.74, 6) is -105. The van der Waals surface area contributed by atoms with Crippen LogP contribution in [-0.4, -0.2) is 32.7 Å². The average molecular weight is 1700 g/mol. The standard InChI is InChI=1S/C21H37N.4C12F10.Al.H2O.O/c1-5-8-13-20(7-3)16-17-22(18-19(4)12-6-2)21-14-10-9-11-15-21;4*13-3-1(4(14)8(18)11(21)7(3)17)2-5(15)9(19)12(22)10(20)6(2)16;;;/h9-11,14-15,19-20H,5-8,12-13,16-18H2,1-4H3;;;;;;1H2;/q;;;;;+1;;/p-1. The van der Waals surface area contributed by atoms with Crippen LogP contribution in [-0.2, 0) is 3.80 Å². The van der Waals surface area contributed by atoms with Gasteiger partial charge >= 0.3 is 23.4 Å². The van der Waals surface area contributed by atoms with Gasteiger partial charge in [0.05, 0.1) is 44.5 Å². The maximum absolute atomic E-state index is 13.4. The Morgan fingerprint density at radius 3 is 0.584 bits per heavy atom. The van der Waals surface area contributed by atoms with Gasteiger partial charge in [0, 0.05) is 18.8 Å². The number of nitrogens with zero attached hydrogens (tertiary/aromatic N) is 1. The minimum atomic E-state index is -2.68. The van der Waals surface area contributed by atoms with Crippen molar-refractivity contribution in [2.45, 2.75) is 72.6 Å². The molecule has 0 spiro atoms. The third-order valence-electron chi connectivity index (χ3n) is 15.5. The van der Waals surface area contributed by atoms with Crippen LogP contribution in [0.5, 0.6) is 0 Å². The van der Waals surface area contributed by atoms with Crippen molar-refractivity contribution in [1.82, 2.24) is 0 Å². The number of hydrogen-bond acceptors (Lipinski definition) is 2. The molecule has 9 aromatic carbocycles. The van der Waals surface area contributed by atoms with Crippen LogP contribution in [0.3, 0.4) is 0 Å². The predicted octanol–water partition coefficient (Wildman–Crippen LogP) is 24.5. The molecule has 0 saturated heterocycles. The van der Waals surface area contributed by atoms with E-state index in [4.69, 9.17) is 7.96 Å². The summed E-state index contributed by atoms with van der Waals surface area (Å²) in [6, 6.07) is 11.0. The first-order valence-corrected chi connectivity index (χ1v) is 31.5. The van der Waals surface area contributed by atoms with Gasteiger partial charge in [-0.3, -0.25) is 0 Å². The van der Waals surface area contributed by atoms with Crippen molar-refractivity contribution in [3.05, 3.63) is 263 Å². The SMILES string of the molecule is CCCCC(CC)CCN(CC(C)CCC)c1ccccc1.Fc1c(F)c(F)c(-c2c(F)c(F)c(F)c(F)c2F)c(F)c1F.Fc1c(F)c(F)c(-c2c(F)c(F)c(F)c(F)c2F)c(F)c1F.Fc1c(F)c(F)c(-c2c(F)c(F)c(F)c(F)c2F)c(F)c1F.Fc1c(F)c(F)c(-c2c(F)c(F)c(F)c(F)c2F)c(F)c1F.[O]=[Al][OH]. The zero-order chi connectivity index (χ0) is 86.6. The third kappa shape index (κ3) is 19.7. The first-order chi connectivity index (χ1) is 52.5. The summed E-state index contributed by atoms with van der Waals surface area (Å²) in [5.41, 5.74) is -16.7. The molecule has 9 rings (SSSR count). The van der Waals surface area contributed by atoms with E-state index in [2.05, 4.69) is 62.9 Å². The molecule has 0 aliphatic carbocycles. The molecule has 0 fully saturated rings. The quantitative estimate of drug-likeness (QED) is 0.0454. The number of para-hydroxylation sites is 1. The minimum absolute atomic E-state index is 0.779. The molecular formula is C69H38AlF40NO2. The Bertz CT molecular complexity index is 4000. The van der Waals surface area contributed by atoms with Gasteiger partial charge < -0.3 is 4.90 Å². The van der Waals surface area contributed by atoms with E-state index in [9.17, 15) is 176 Å².